The standard InChI is InChI=1S/C26H35N5.3ClH/c1-18-9-10-21-23(18)25(30-17-29-21)31-16-26(11-13-27-14-12-26)24-19(5-4-8-22(24)31)15-28-20-6-2-3-7-20;;;/h4-5,8,17-18,20,27-28H,2-3,6-7,9-16H2,1H3;3*1H. The monoisotopic (exact) mass is 525 g/mol. The molecule has 2 aliphatic heterocycles. The maximum Gasteiger partial charge on any atom is 0.140 e. The van der Waals surface area contributed by atoms with Crippen molar-refractivity contribution in [1.82, 2.24) is 20.6 Å². The topological polar surface area (TPSA) is 53.1 Å². The van der Waals surface area contributed by atoms with E-state index in [0.29, 0.717) is 12.0 Å². The van der Waals surface area contributed by atoms with Crippen LogP contribution >= 0.6 is 37.2 Å². The minimum Gasteiger partial charge on any atom is -0.325 e. The van der Waals surface area contributed by atoms with E-state index in [9.17, 15) is 0 Å². The summed E-state index contributed by atoms with van der Waals surface area (Å²) in [5.74, 6) is 1.72. The average Bonchev–Trinajstić information content (AvgIpc) is 3.53. The van der Waals surface area contributed by atoms with Crippen molar-refractivity contribution in [3.05, 3.63) is 46.9 Å². The highest BCUT2D eigenvalue weighted by Crippen LogP contribution is 2.52. The third-order valence-corrected chi connectivity index (χ3v) is 8.42. The molecule has 3 heterocycles. The van der Waals surface area contributed by atoms with Crippen molar-refractivity contribution in [3.63, 3.8) is 0 Å². The SMILES string of the molecule is CC1CCc2ncnc(N3CC4(CCNCC4)c4c(CNC5CCCC5)cccc43)c21.Cl.Cl.Cl. The van der Waals surface area contributed by atoms with Gasteiger partial charge in [0.15, 0.2) is 0 Å². The predicted octanol–water partition coefficient (Wildman–Crippen LogP) is 5.60. The molecule has 1 unspecified atom stereocenters. The van der Waals surface area contributed by atoms with Crippen molar-refractivity contribution in [2.24, 2.45) is 0 Å². The van der Waals surface area contributed by atoms with E-state index < -0.39 is 0 Å². The number of fused-ring (bicyclic) bond motifs is 3. The molecule has 1 aromatic carbocycles. The van der Waals surface area contributed by atoms with Crippen LogP contribution in [-0.2, 0) is 18.4 Å². The van der Waals surface area contributed by atoms with Crippen molar-refractivity contribution in [2.75, 3.05) is 24.5 Å². The highest BCUT2D eigenvalue weighted by atomic mass is 35.5. The summed E-state index contributed by atoms with van der Waals surface area (Å²) in [6.07, 6.45) is 11.9. The normalized spacial score (nSPS) is 22.5. The molecule has 8 heteroatoms. The Morgan fingerprint density at radius 2 is 1.82 bits per heavy atom. The molecule has 34 heavy (non-hydrogen) atoms. The fourth-order valence-corrected chi connectivity index (χ4v) is 6.76. The number of nitrogens with zero attached hydrogens (tertiary/aromatic N) is 3. The van der Waals surface area contributed by atoms with Gasteiger partial charge in [0.1, 0.15) is 12.1 Å². The summed E-state index contributed by atoms with van der Waals surface area (Å²) in [5.41, 5.74) is 7.40. The molecular formula is C26H38Cl3N5. The van der Waals surface area contributed by atoms with Crippen LogP contribution in [0.2, 0.25) is 0 Å². The lowest BCUT2D eigenvalue weighted by atomic mass is 9.73. The summed E-state index contributed by atoms with van der Waals surface area (Å²) < 4.78 is 0. The van der Waals surface area contributed by atoms with E-state index in [1.807, 2.05) is 0 Å². The summed E-state index contributed by atoms with van der Waals surface area (Å²) in [6.45, 7) is 6.61. The number of anilines is 2. The highest BCUT2D eigenvalue weighted by molar-refractivity contribution is 5.86. The average molecular weight is 527 g/mol. The maximum atomic E-state index is 4.88. The molecule has 5 nitrogen and oxygen atoms in total. The molecule has 1 saturated carbocycles. The van der Waals surface area contributed by atoms with Crippen LogP contribution in [0.25, 0.3) is 0 Å². The van der Waals surface area contributed by atoms with E-state index in [-0.39, 0.29) is 42.6 Å². The fourth-order valence-electron chi connectivity index (χ4n) is 6.76. The second-order valence-corrected chi connectivity index (χ2v) is 10.3. The van der Waals surface area contributed by atoms with Crippen LogP contribution in [0.15, 0.2) is 24.5 Å². The molecule has 1 aromatic heterocycles. The summed E-state index contributed by atoms with van der Waals surface area (Å²) in [4.78, 5) is 12.1. The first-order valence-corrected chi connectivity index (χ1v) is 12.4. The van der Waals surface area contributed by atoms with Crippen LogP contribution in [-0.4, -0.2) is 35.6 Å². The van der Waals surface area contributed by atoms with Crippen LogP contribution < -0.4 is 15.5 Å². The van der Waals surface area contributed by atoms with Gasteiger partial charge in [-0.3, -0.25) is 0 Å². The maximum absolute atomic E-state index is 4.88. The van der Waals surface area contributed by atoms with E-state index in [1.165, 1.54) is 73.3 Å². The first-order chi connectivity index (χ1) is 15.3. The van der Waals surface area contributed by atoms with Gasteiger partial charge in [-0.2, -0.15) is 0 Å². The van der Waals surface area contributed by atoms with Gasteiger partial charge in [0.2, 0.25) is 0 Å². The molecular weight excluding hydrogens is 489 g/mol. The van der Waals surface area contributed by atoms with Crippen LogP contribution in [0, 0.1) is 0 Å². The fraction of sp³-hybridized carbons (Fsp3) is 0.615. The molecule has 4 aliphatic rings. The Hall–Kier alpha value is -1.11. The van der Waals surface area contributed by atoms with Gasteiger partial charge in [-0.25, -0.2) is 9.97 Å². The Bertz CT molecular complexity index is 973. The number of benzene rings is 1. The van der Waals surface area contributed by atoms with Gasteiger partial charge in [0.05, 0.1) is 0 Å². The number of halogens is 3. The van der Waals surface area contributed by atoms with Gasteiger partial charge < -0.3 is 15.5 Å². The van der Waals surface area contributed by atoms with Gasteiger partial charge in [-0.1, -0.05) is 31.9 Å². The van der Waals surface area contributed by atoms with Gasteiger partial charge in [0, 0.05) is 41.5 Å². The van der Waals surface area contributed by atoms with Crippen molar-refractivity contribution in [2.45, 2.75) is 82.2 Å². The Morgan fingerprint density at radius 1 is 1.06 bits per heavy atom. The number of hydrogen-bond acceptors (Lipinski definition) is 5. The zero-order valence-corrected chi connectivity index (χ0v) is 22.5. The van der Waals surface area contributed by atoms with Gasteiger partial charge >= 0.3 is 0 Å². The van der Waals surface area contributed by atoms with Gasteiger partial charge in [0.25, 0.3) is 0 Å². The summed E-state index contributed by atoms with van der Waals surface area (Å²) >= 11 is 0. The third-order valence-electron chi connectivity index (χ3n) is 8.42. The molecule has 1 spiro atoms. The largest absolute Gasteiger partial charge is 0.325 e. The smallest absolute Gasteiger partial charge is 0.140 e. The van der Waals surface area contributed by atoms with Crippen molar-refractivity contribution < 1.29 is 0 Å². The molecule has 6 rings (SSSR count). The van der Waals surface area contributed by atoms with E-state index >= 15 is 0 Å². The van der Waals surface area contributed by atoms with Crippen molar-refractivity contribution in [3.8, 4) is 0 Å². The number of aromatic nitrogens is 2. The minimum absolute atomic E-state index is 0. The summed E-state index contributed by atoms with van der Waals surface area (Å²) in [5, 5.41) is 7.50. The van der Waals surface area contributed by atoms with Gasteiger partial charge in [-0.05, 0) is 74.7 Å². The Morgan fingerprint density at radius 3 is 2.59 bits per heavy atom. The van der Waals surface area contributed by atoms with E-state index in [1.54, 1.807) is 11.9 Å². The Balaban J connectivity index is 0.00000108. The van der Waals surface area contributed by atoms with E-state index in [4.69, 9.17) is 4.98 Å². The third kappa shape index (κ3) is 4.67. The second-order valence-electron chi connectivity index (χ2n) is 10.3. The Kier molecular flexibility index (Phi) is 9.13. The first kappa shape index (κ1) is 27.5. The van der Waals surface area contributed by atoms with Crippen molar-refractivity contribution in [1.29, 1.82) is 0 Å². The molecule has 188 valence electrons. The summed E-state index contributed by atoms with van der Waals surface area (Å²) in [7, 11) is 0. The molecule has 1 saturated heterocycles. The molecule has 0 bridgehead atoms. The molecule has 0 radical (unpaired) electrons. The van der Waals surface area contributed by atoms with Crippen LogP contribution in [0.5, 0.6) is 0 Å². The molecule has 2 aromatic rings. The van der Waals surface area contributed by atoms with Gasteiger partial charge in [-0.15, -0.1) is 37.2 Å². The van der Waals surface area contributed by atoms with Crippen LogP contribution in [0.4, 0.5) is 11.5 Å². The number of hydrogen-bond donors (Lipinski definition) is 2. The van der Waals surface area contributed by atoms with Crippen molar-refractivity contribution >= 4 is 48.7 Å². The lowest BCUT2D eigenvalue weighted by molar-refractivity contribution is 0.326. The predicted molar refractivity (Wildman–Crippen MR) is 147 cm³/mol. The number of rotatable bonds is 4. The second kappa shape index (κ2) is 11.3. The summed E-state index contributed by atoms with van der Waals surface area (Å²) in [6, 6.07) is 7.69. The minimum atomic E-state index is 0. The first-order valence-electron chi connectivity index (χ1n) is 12.4. The van der Waals surface area contributed by atoms with Crippen LogP contribution in [0.1, 0.15) is 80.2 Å². The van der Waals surface area contributed by atoms with E-state index in [0.717, 1.165) is 32.6 Å². The number of aryl methyl sites for hydroxylation is 1. The number of nitrogens with one attached hydrogen (secondary N) is 2. The highest BCUT2D eigenvalue weighted by Gasteiger charge is 2.46. The zero-order chi connectivity index (χ0) is 20.8. The molecule has 2 aliphatic carbocycles. The van der Waals surface area contributed by atoms with Crippen LogP contribution in [0.3, 0.4) is 0 Å². The molecule has 1 atom stereocenters. The lowest BCUT2D eigenvalue weighted by Gasteiger charge is -2.36. The molecule has 2 fully saturated rings. The Labute approximate surface area is 222 Å². The molecule has 2 N–H and O–H groups in total. The molecule has 0 amide bonds. The number of piperidine rings is 1. The lowest BCUT2D eigenvalue weighted by Crippen LogP contribution is -2.43. The quantitative estimate of drug-likeness (QED) is 0.543. The zero-order valence-electron chi connectivity index (χ0n) is 20.0. The van der Waals surface area contributed by atoms with E-state index in [2.05, 4.69) is 45.6 Å².